The Morgan fingerprint density at radius 2 is 1.96 bits per heavy atom. The van der Waals surface area contributed by atoms with Gasteiger partial charge in [-0.2, -0.15) is 0 Å². The van der Waals surface area contributed by atoms with Gasteiger partial charge in [-0.05, 0) is 36.8 Å². The van der Waals surface area contributed by atoms with Gasteiger partial charge in [-0.15, -0.1) is 0 Å². The quantitative estimate of drug-likeness (QED) is 0.862. The molecule has 0 radical (unpaired) electrons. The highest BCUT2D eigenvalue weighted by Crippen LogP contribution is 2.29. The summed E-state index contributed by atoms with van der Waals surface area (Å²) >= 11 is 0. The summed E-state index contributed by atoms with van der Waals surface area (Å²) in [5, 5.41) is 1.21. The summed E-state index contributed by atoms with van der Waals surface area (Å²) in [7, 11) is 3.60. The average molecular weight is 383 g/mol. The fraction of sp³-hybridized carbons (Fsp3) is 0.545. The van der Waals surface area contributed by atoms with Gasteiger partial charge in [0.1, 0.15) is 0 Å². The number of para-hydroxylation sites is 1. The number of rotatable bonds is 5. The molecule has 1 aromatic heterocycles. The van der Waals surface area contributed by atoms with E-state index in [2.05, 4.69) is 26.9 Å². The Bertz CT molecular complexity index is 859. The molecule has 1 aromatic carbocycles. The number of hydrogen-bond acceptors (Lipinski definition) is 3. The topological polar surface area (TPSA) is 59.7 Å². The van der Waals surface area contributed by atoms with Crippen LogP contribution in [0.25, 0.3) is 10.9 Å². The number of fused-ring (bicyclic) bond motifs is 5. The molecule has 3 aliphatic heterocycles. The van der Waals surface area contributed by atoms with Crippen LogP contribution in [0, 0.1) is 5.92 Å². The molecule has 0 aliphatic carbocycles. The second-order valence-corrected chi connectivity index (χ2v) is 8.49. The van der Waals surface area contributed by atoms with Gasteiger partial charge >= 0.3 is 0 Å². The number of likely N-dealkylation sites (N-methyl/N-ethyl adjacent to an activating group) is 1. The lowest BCUT2D eigenvalue weighted by atomic mass is 9.94. The van der Waals surface area contributed by atoms with Crippen molar-refractivity contribution in [1.82, 2.24) is 19.7 Å². The van der Waals surface area contributed by atoms with Crippen molar-refractivity contribution in [2.45, 2.75) is 31.7 Å². The molecular formula is C22H30N4O2. The average Bonchev–Trinajstić information content (AvgIpc) is 2.89. The van der Waals surface area contributed by atoms with E-state index >= 15 is 0 Å². The van der Waals surface area contributed by atoms with Gasteiger partial charge in [0, 0.05) is 63.3 Å². The maximum atomic E-state index is 13.0. The van der Waals surface area contributed by atoms with Crippen molar-refractivity contribution in [3.8, 4) is 0 Å². The lowest BCUT2D eigenvalue weighted by Crippen LogP contribution is -2.47. The molecule has 2 aromatic rings. The zero-order valence-corrected chi connectivity index (χ0v) is 16.9. The van der Waals surface area contributed by atoms with Crippen molar-refractivity contribution in [2.24, 2.45) is 5.92 Å². The van der Waals surface area contributed by atoms with Crippen molar-refractivity contribution in [1.29, 1.82) is 0 Å². The van der Waals surface area contributed by atoms with Gasteiger partial charge in [-0.25, -0.2) is 0 Å². The Morgan fingerprint density at radius 1 is 1.14 bits per heavy atom. The first-order valence-corrected chi connectivity index (χ1v) is 10.3. The predicted octanol–water partition coefficient (Wildman–Crippen LogP) is 2.11. The van der Waals surface area contributed by atoms with Crippen LogP contribution in [0.2, 0.25) is 0 Å². The first kappa shape index (κ1) is 19.0. The Morgan fingerprint density at radius 3 is 2.79 bits per heavy atom. The van der Waals surface area contributed by atoms with E-state index in [0.29, 0.717) is 18.9 Å². The number of nitrogens with one attached hydrogen (secondary N) is 1. The van der Waals surface area contributed by atoms with E-state index in [-0.39, 0.29) is 17.9 Å². The van der Waals surface area contributed by atoms with Gasteiger partial charge < -0.3 is 14.8 Å². The third-order valence-corrected chi connectivity index (χ3v) is 6.25. The minimum atomic E-state index is 0.138. The molecule has 2 amide bonds. The molecule has 0 unspecified atom stereocenters. The largest absolute Gasteiger partial charge is 0.361 e. The highest BCUT2D eigenvalue weighted by molar-refractivity contribution is 5.84. The normalized spacial score (nSPS) is 22.4. The second-order valence-electron chi connectivity index (χ2n) is 8.49. The smallest absolute Gasteiger partial charge is 0.236 e. The SMILES string of the molecule is CN(C)C(=O)CN1C[C@H]2CC[C@@H](C1)N(C(=O)CCc1c[nH]c3ccccc13)C2. The van der Waals surface area contributed by atoms with Crippen molar-refractivity contribution >= 4 is 22.7 Å². The van der Waals surface area contributed by atoms with Crippen molar-refractivity contribution in [2.75, 3.05) is 40.3 Å². The lowest BCUT2D eigenvalue weighted by molar-refractivity contribution is -0.135. The van der Waals surface area contributed by atoms with Crippen LogP contribution in [0.4, 0.5) is 0 Å². The van der Waals surface area contributed by atoms with Crippen LogP contribution in [-0.4, -0.2) is 77.8 Å². The van der Waals surface area contributed by atoms with Crippen LogP contribution < -0.4 is 0 Å². The maximum absolute atomic E-state index is 13.0. The molecule has 2 bridgehead atoms. The molecular weight excluding hydrogens is 352 g/mol. The molecule has 0 spiro atoms. The van der Waals surface area contributed by atoms with Gasteiger partial charge in [-0.3, -0.25) is 14.5 Å². The maximum Gasteiger partial charge on any atom is 0.236 e. The van der Waals surface area contributed by atoms with Crippen molar-refractivity contribution in [3.05, 3.63) is 36.0 Å². The number of benzene rings is 1. The Kier molecular flexibility index (Phi) is 5.40. The fourth-order valence-electron chi connectivity index (χ4n) is 4.67. The molecule has 3 fully saturated rings. The Balaban J connectivity index is 1.39. The van der Waals surface area contributed by atoms with Gasteiger partial charge in [0.2, 0.25) is 11.8 Å². The van der Waals surface area contributed by atoms with E-state index in [1.807, 2.05) is 18.3 Å². The van der Waals surface area contributed by atoms with Crippen LogP contribution in [0.1, 0.15) is 24.8 Å². The van der Waals surface area contributed by atoms with E-state index in [1.165, 1.54) is 10.9 Å². The first-order chi connectivity index (χ1) is 13.5. The molecule has 2 atom stereocenters. The van der Waals surface area contributed by atoms with Gasteiger partial charge in [-0.1, -0.05) is 18.2 Å². The fourth-order valence-corrected chi connectivity index (χ4v) is 4.67. The number of aromatic nitrogens is 1. The van der Waals surface area contributed by atoms with Crippen molar-refractivity contribution < 1.29 is 9.59 Å². The minimum absolute atomic E-state index is 0.138. The predicted molar refractivity (Wildman–Crippen MR) is 110 cm³/mol. The molecule has 6 heteroatoms. The first-order valence-electron chi connectivity index (χ1n) is 10.3. The van der Waals surface area contributed by atoms with Gasteiger partial charge in [0.15, 0.2) is 0 Å². The van der Waals surface area contributed by atoms with Gasteiger partial charge in [0.05, 0.1) is 6.54 Å². The third-order valence-electron chi connectivity index (χ3n) is 6.25. The number of carbonyl (C=O) groups is 2. The van der Waals surface area contributed by atoms with E-state index in [9.17, 15) is 9.59 Å². The zero-order chi connectivity index (χ0) is 19.7. The van der Waals surface area contributed by atoms with E-state index < -0.39 is 0 Å². The molecule has 150 valence electrons. The number of piperidine rings is 1. The summed E-state index contributed by atoms with van der Waals surface area (Å²) in [6.45, 7) is 3.03. The Hall–Kier alpha value is -2.34. The molecule has 6 nitrogen and oxygen atoms in total. The standard InChI is InChI=1S/C22H30N4O2/c1-24(2)22(28)15-25-12-16-7-9-18(14-25)26(13-16)21(27)10-8-17-11-23-20-6-4-3-5-19(17)20/h3-6,11,16,18,23H,7-10,12-15H2,1-2H3/t16-,18+/m1/s1. The van der Waals surface area contributed by atoms with E-state index in [4.69, 9.17) is 0 Å². The summed E-state index contributed by atoms with van der Waals surface area (Å²) in [4.78, 5) is 34.4. The number of amides is 2. The monoisotopic (exact) mass is 382 g/mol. The third kappa shape index (κ3) is 3.92. The van der Waals surface area contributed by atoms with Crippen LogP contribution in [0.3, 0.4) is 0 Å². The summed E-state index contributed by atoms with van der Waals surface area (Å²) in [5.41, 5.74) is 2.34. The van der Waals surface area contributed by atoms with Crippen molar-refractivity contribution in [3.63, 3.8) is 0 Å². The Labute approximate surface area is 166 Å². The molecule has 28 heavy (non-hydrogen) atoms. The number of H-pyrrole nitrogens is 1. The summed E-state index contributed by atoms with van der Waals surface area (Å²) in [6, 6.07) is 8.48. The van der Waals surface area contributed by atoms with Gasteiger partial charge in [0.25, 0.3) is 0 Å². The number of nitrogens with zero attached hydrogens (tertiary/aromatic N) is 3. The lowest BCUT2D eigenvalue weighted by Gasteiger charge is -2.36. The highest BCUT2D eigenvalue weighted by Gasteiger charge is 2.37. The van der Waals surface area contributed by atoms with Crippen LogP contribution in [0.15, 0.2) is 30.5 Å². The second kappa shape index (κ2) is 7.95. The number of aryl methyl sites for hydroxylation is 1. The molecule has 3 saturated heterocycles. The molecule has 0 saturated carbocycles. The zero-order valence-electron chi connectivity index (χ0n) is 16.9. The number of aromatic amines is 1. The van der Waals surface area contributed by atoms with Crippen LogP contribution in [-0.2, 0) is 16.0 Å². The summed E-state index contributed by atoms with van der Waals surface area (Å²) in [5.74, 6) is 0.866. The molecule has 3 aliphatic rings. The van der Waals surface area contributed by atoms with Crippen LogP contribution >= 0.6 is 0 Å². The van der Waals surface area contributed by atoms with E-state index in [1.54, 1.807) is 19.0 Å². The van der Waals surface area contributed by atoms with Crippen LogP contribution in [0.5, 0.6) is 0 Å². The number of hydrogen-bond donors (Lipinski definition) is 1. The summed E-state index contributed by atoms with van der Waals surface area (Å²) in [6.07, 6.45) is 5.54. The van der Waals surface area contributed by atoms with E-state index in [0.717, 1.165) is 44.4 Å². The summed E-state index contributed by atoms with van der Waals surface area (Å²) < 4.78 is 0. The number of carbonyl (C=O) groups excluding carboxylic acids is 2. The minimum Gasteiger partial charge on any atom is -0.361 e. The molecule has 1 N–H and O–H groups in total. The molecule has 5 rings (SSSR count). The molecule has 4 heterocycles. The highest BCUT2D eigenvalue weighted by atomic mass is 16.2.